The number of hydrogen-bond acceptors (Lipinski definition) is 5. The van der Waals surface area contributed by atoms with Crippen LogP contribution in [0.5, 0.6) is 11.5 Å². The maximum absolute atomic E-state index is 5.93. The number of fused-ring (bicyclic) bond motifs is 1. The molecule has 0 saturated carbocycles. The standard InChI is InChI=1S/C23H38N4O3/c1-5-29-21-13-19-12-17(2)30-22(19)14-20(21)16-26-23(24-3)25-15-18-6-8-27(9-7-18)10-11-28-4/h13-14,17-18H,5-12,15-16H2,1-4H3,(H2,24,25,26). The van der Waals surface area contributed by atoms with Crippen LogP contribution in [0.1, 0.15) is 37.8 Å². The third-order valence-electron chi connectivity index (χ3n) is 5.93. The maximum atomic E-state index is 5.93. The van der Waals surface area contributed by atoms with Crippen LogP contribution in [-0.2, 0) is 17.7 Å². The second kappa shape index (κ2) is 11.4. The average Bonchev–Trinajstić information content (AvgIpc) is 3.12. The molecule has 0 aromatic heterocycles. The predicted octanol–water partition coefficient (Wildman–Crippen LogP) is 2.43. The van der Waals surface area contributed by atoms with E-state index in [0.717, 1.165) is 62.2 Å². The van der Waals surface area contributed by atoms with Crippen molar-refractivity contribution in [1.82, 2.24) is 15.5 Å². The number of ether oxygens (including phenoxy) is 3. The van der Waals surface area contributed by atoms with E-state index in [1.807, 2.05) is 14.0 Å². The second-order valence-corrected chi connectivity index (χ2v) is 8.22. The number of benzene rings is 1. The van der Waals surface area contributed by atoms with E-state index in [4.69, 9.17) is 14.2 Å². The molecule has 2 heterocycles. The molecule has 1 saturated heterocycles. The van der Waals surface area contributed by atoms with Crippen LogP contribution in [0.3, 0.4) is 0 Å². The van der Waals surface area contributed by atoms with Gasteiger partial charge in [-0.25, -0.2) is 0 Å². The Morgan fingerprint density at radius 3 is 2.77 bits per heavy atom. The first-order chi connectivity index (χ1) is 14.6. The van der Waals surface area contributed by atoms with Crippen molar-refractivity contribution in [3.05, 3.63) is 23.3 Å². The van der Waals surface area contributed by atoms with Gasteiger partial charge in [0.05, 0.1) is 13.2 Å². The molecule has 2 aliphatic rings. The second-order valence-electron chi connectivity index (χ2n) is 8.22. The number of methoxy groups -OCH3 is 1. The van der Waals surface area contributed by atoms with Crippen molar-refractivity contribution in [3.8, 4) is 11.5 Å². The Labute approximate surface area is 181 Å². The minimum atomic E-state index is 0.230. The Morgan fingerprint density at radius 1 is 1.27 bits per heavy atom. The summed E-state index contributed by atoms with van der Waals surface area (Å²) in [6.07, 6.45) is 3.59. The molecule has 0 aliphatic carbocycles. The molecular formula is C23H38N4O3. The van der Waals surface area contributed by atoms with Crippen molar-refractivity contribution in [2.45, 2.75) is 45.8 Å². The molecule has 168 valence electrons. The lowest BCUT2D eigenvalue weighted by atomic mass is 9.97. The summed E-state index contributed by atoms with van der Waals surface area (Å²) in [6, 6.07) is 4.24. The summed E-state index contributed by atoms with van der Waals surface area (Å²) in [5.74, 6) is 3.41. The SMILES string of the molecule is CCOc1cc2c(cc1CNC(=NC)NCC1CCN(CCOC)CC1)OC(C)C2. The lowest BCUT2D eigenvalue weighted by molar-refractivity contribution is 0.121. The summed E-state index contributed by atoms with van der Waals surface area (Å²) in [5, 5.41) is 6.94. The monoisotopic (exact) mass is 418 g/mol. The largest absolute Gasteiger partial charge is 0.494 e. The van der Waals surface area contributed by atoms with Gasteiger partial charge >= 0.3 is 0 Å². The van der Waals surface area contributed by atoms with Gasteiger partial charge in [-0.2, -0.15) is 0 Å². The van der Waals surface area contributed by atoms with Gasteiger partial charge in [0.1, 0.15) is 17.6 Å². The zero-order chi connectivity index (χ0) is 21.3. The van der Waals surface area contributed by atoms with E-state index in [-0.39, 0.29) is 6.10 Å². The van der Waals surface area contributed by atoms with E-state index in [1.165, 1.54) is 18.4 Å². The van der Waals surface area contributed by atoms with E-state index < -0.39 is 0 Å². The fourth-order valence-electron chi connectivity index (χ4n) is 4.18. The molecule has 0 bridgehead atoms. The lowest BCUT2D eigenvalue weighted by Crippen LogP contribution is -2.43. The molecule has 2 N–H and O–H groups in total. The van der Waals surface area contributed by atoms with Crippen LogP contribution < -0.4 is 20.1 Å². The third kappa shape index (κ3) is 6.25. The molecule has 2 aliphatic heterocycles. The van der Waals surface area contributed by atoms with Crippen molar-refractivity contribution in [1.29, 1.82) is 0 Å². The number of piperidine rings is 1. The van der Waals surface area contributed by atoms with Gasteiger partial charge < -0.3 is 29.7 Å². The molecule has 3 rings (SSSR count). The molecule has 0 radical (unpaired) electrons. The number of nitrogens with one attached hydrogen (secondary N) is 2. The number of aliphatic imine (C=N–C) groups is 1. The molecule has 1 fully saturated rings. The van der Waals surface area contributed by atoms with E-state index in [0.29, 0.717) is 19.1 Å². The Hall–Kier alpha value is -1.99. The molecule has 1 aromatic rings. The van der Waals surface area contributed by atoms with E-state index in [9.17, 15) is 0 Å². The van der Waals surface area contributed by atoms with Crippen molar-refractivity contribution in [2.75, 3.05) is 53.6 Å². The van der Waals surface area contributed by atoms with Crippen LogP contribution in [0.15, 0.2) is 17.1 Å². The highest BCUT2D eigenvalue weighted by Gasteiger charge is 2.22. The van der Waals surface area contributed by atoms with Crippen LogP contribution in [0.25, 0.3) is 0 Å². The minimum absolute atomic E-state index is 0.230. The normalized spacial score (nSPS) is 20.0. The van der Waals surface area contributed by atoms with Gasteiger partial charge in [0.15, 0.2) is 5.96 Å². The maximum Gasteiger partial charge on any atom is 0.191 e. The van der Waals surface area contributed by atoms with Crippen LogP contribution >= 0.6 is 0 Å². The van der Waals surface area contributed by atoms with E-state index in [2.05, 4.69) is 39.6 Å². The smallest absolute Gasteiger partial charge is 0.191 e. The van der Waals surface area contributed by atoms with Gasteiger partial charge in [0.25, 0.3) is 0 Å². The Morgan fingerprint density at radius 2 is 2.07 bits per heavy atom. The van der Waals surface area contributed by atoms with Gasteiger partial charge in [-0.1, -0.05) is 0 Å². The first-order valence-corrected chi connectivity index (χ1v) is 11.2. The van der Waals surface area contributed by atoms with Gasteiger partial charge in [-0.3, -0.25) is 4.99 Å². The zero-order valence-corrected chi connectivity index (χ0v) is 19.0. The first kappa shape index (κ1) is 22.7. The summed E-state index contributed by atoms with van der Waals surface area (Å²) in [4.78, 5) is 6.88. The Balaban J connectivity index is 1.48. The predicted molar refractivity (Wildman–Crippen MR) is 121 cm³/mol. The Kier molecular flexibility index (Phi) is 8.63. The molecule has 1 unspecified atom stereocenters. The van der Waals surface area contributed by atoms with Gasteiger partial charge in [0, 0.05) is 51.3 Å². The molecule has 7 nitrogen and oxygen atoms in total. The fourth-order valence-corrected chi connectivity index (χ4v) is 4.18. The topological polar surface area (TPSA) is 67.4 Å². The summed E-state index contributed by atoms with van der Waals surface area (Å²) in [6.45, 7) is 10.5. The van der Waals surface area contributed by atoms with E-state index in [1.54, 1.807) is 7.11 Å². The first-order valence-electron chi connectivity index (χ1n) is 11.2. The number of likely N-dealkylation sites (tertiary alicyclic amines) is 1. The van der Waals surface area contributed by atoms with Crippen molar-refractivity contribution in [2.24, 2.45) is 10.9 Å². The van der Waals surface area contributed by atoms with Gasteiger partial charge in [-0.05, 0) is 57.8 Å². The van der Waals surface area contributed by atoms with Crippen LogP contribution in [-0.4, -0.2) is 70.5 Å². The summed E-state index contributed by atoms with van der Waals surface area (Å²) >= 11 is 0. The molecule has 1 atom stereocenters. The zero-order valence-electron chi connectivity index (χ0n) is 19.0. The highest BCUT2D eigenvalue weighted by Crippen LogP contribution is 2.35. The number of hydrogen-bond donors (Lipinski definition) is 2. The highest BCUT2D eigenvalue weighted by molar-refractivity contribution is 5.79. The highest BCUT2D eigenvalue weighted by atomic mass is 16.5. The van der Waals surface area contributed by atoms with Crippen molar-refractivity contribution < 1.29 is 14.2 Å². The molecule has 0 spiro atoms. The fraction of sp³-hybridized carbons (Fsp3) is 0.696. The Bertz CT molecular complexity index is 702. The average molecular weight is 419 g/mol. The minimum Gasteiger partial charge on any atom is -0.494 e. The van der Waals surface area contributed by atoms with Crippen LogP contribution in [0, 0.1) is 5.92 Å². The van der Waals surface area contributed by atoms with Crippen molar-refractivity contribution in [3.63, 3.8) is 0 Å². The molecule has 30 heavy (non-hydrogen) atoms. The van der Waals surface area contributed by atoms with Crippen LogP contribution in [0.2, 0.25) is 0 Å². The van der Waals surface area contributed by atoms with E-state index >= 15 is 0 Å². The summed E-state index contributed by atoms with van der Waals surface area (Å²) in [7, 11) is 3.59. The molecular weight excluding hydrogens is 380 g/mol. The molecule has 7 heteroatoms. The quantitative estimate of drug-likeness (QED) is 0.474. The number of nitrogens with zero attached hydrogens (tertiary/aromatic N) is 2. The summed E-state index contributed by atoms with van der Waals surface area (Å²) < 4.78 is 17.0. The summed E-state index contributed by atoms with van der Waals surface area (Å²) in [5.41, 5.74) is 2.33. The number of rotatable bonds is 9. The molecule has 0 amide bonds. The van der Waals surface area contributed by atoms with Crippen molar-refractivity contribution >= 4 is 5.96 Å². The number of guanidine groups is 1. The van der Waals surface area contributed by atoms with Crippen LogP contribution in [0.4, 0.5) is 0 Å². The van der Waals surface area contributed by atoms with Gasteiger partial charge in [0.2, 0.25) is 0 Å². The third-order valence-corrected chi connectivity index (χ3v) is 5.93. The lowest BCUT2D eigenvalue weighted by Gasteiger charge is -2.32. The molecule has 1 aromatic carbocycles. The van der Waals surface area contributed by atoms with Gasteiger partial charge in [-0.15, -0.1) is 0 Å².